The van der Waals surface area contributed by atoms with Crippen LogP contribution < -0.4 is 9.64 Å². The van der Waals surface area contributed by atoms with Crippen LogP contribution in [0.25, 0.3) is 0 Å². The smallest absolute Gasteiger partial charge is 0.307 e. The summed E-state index contributed by atoms with van der Waals surface area (Å²) in [6.45, 7) is 2.38. The summed E-state index contributed by atoms with van der Waals surface area (Å²) in [6.07, 6.45) is 0.195. The molecule has 1 heterocycles. The predicted molar refractivity (Wildman–Crippen MR) is 114 cm³/mol. The van der Waals surface area contributed by atoms with Gasteiger partial charge < -0.3 is 19.3 Å². The molecule has 0 aliphatic carbocycles. The number of anilines is 1. The number of esters is 1. The molecule has 2 aromatic rings. The van der Waals surface area contributed by atoms with Crippen LogP contribution in [0, 0.1) is 5.82 Å². The van der Waals surface area contributed by atoms with Gasteiger partial charge in [0.05, 0.1) is 13.5 Å². The Kier molecular flexibility index (Phi) is 7.96. The third-order valence-corrected chi connectivity index (χ3v) is 5.83. The summed E-state index contributed by atoms with van der Waals surface area (Å²) in [5, 5.41) is 0. The van der Waals surface area contributed by atoms with Gasteiger partial charge >= 0.3 is 5.97 Å². The SMILES string of the molecule is COc1ccc(N2CCN(C(=O)COC(=O)CCSc3ccc(F)cc3)CC2)cc1. The summed E-state index contributed by atoms with van der Waals surface area (Å²) in [5.41, 5.74) is 1.09. The molecule has 0 aromatic heterocycles. The molecule has 2 aromatic carbocycles. The molecule has 0 saturated carbocycles. The number of thioether (sulfide) groups is 1. The van der Waals surface area contributed by atoms with Crippen molar-refractivity contribution < 1.29 is 23.5 Å². The first-order valence-electron chi connectivity index (χ1n) is 9.76. The van der Waals surface area contributed by atoms with Gasteiger partial charge in [-0.15, -0.1) is 11.8 Å². The quantitative estimate of drug-likeness (QED) is 0.472. The fourth-order valence-electron chi connectivity index (χ4n) is 3.10. The van der Waals surface area contributed by atoms with Gasteiger partial charge in [-0.3, -0.25) is 9.59 Å². The molecule has 1 fully saturated rings. The zero-order valence-electron chi connectivity index (χ0n) is 16.9. The predicted octanol–water partition coefficient (Wildman–Crippen LogP) is 3.21. The minimum Gasteiger partial charge on any atom is -0.497 e. The maximum Gasteiger partial charge on any atom is 0.307 e. The van der Waals surface area contributed by atoms with E-state index in [1.807, 2.05) is 24.3 Å². The third kappa shape index (κ3) is 6.38. The second-order valence-electron chi connectivity index (χ2n) is 6.78. The van der Waals surface area contributed by atoms with E-state index in [4.69, 9.17) is 9.47 Å². The third-order valence-electron chi connectivity index (χ3n) is 4.82. The highest BCUT2D eigenvalue weighted by atomic mass is 32.2. The van der Waals surface area contributed by atoms with Crippen molar-refractivity contribution in [1.29, 1.82) is 0 Å². The van der Waals surface area contributed by atoms with Crippen LogP contribution in [0.1, 0.15) is 6.42 Å². The average molecular weight is 433 g/mol. The molecule has 0 bridgehead atoms. The Hall–Kier alpha value is -2.74. The molecule has 1 saturated heterocycles. The number of ether oxygens (including phenoxy) is 2. The number of hydrogen-bond acceptors (Lipinski definition) is 6. The summed E-state index contributed by atoms with van der Waals surface area (Å²) in [4.78, 5) is 29.0. The van der Waals surface area contributed by atoms with E-state index in [-0.39, 0.29) is 24.8 Å². The number of carbonyl (C=O) groups excluding carboxylic acids is 2. The zero-order valence-corrected chi connectivity index (χ0v) is 17.7. The molecule has 0 unspecified atom stereocenters. The van der Waals surface area contributed by atoms with Crippen LogP contribution in [0.2, 0.25) is 0 Å². The van der Waals surface area contributed by atoms with Gasteiger partial charge in [-0.05, 0) is 48.5 Å². The van der Waals surface area contributed by atoms with Gasteiger partial charge in [0.2, 0.25) is 0 Å². The summed E-state index contributed by atoms with van der Waals surface area (Å²) in [5.74, 6) is 0.449. The molecule has 1 aliphatic rings. The number of benzene rings is 2. The van der Waals surface area contributed by atoms with Crippen molar-refractivity contribution in [2.24, 2.45) is 0 Å². The van der Waals surface area contributed by atoms with Crippen molar-refractivity contribution in [2.75, 3.05) is 50.5 Å². The molecule has 160 valence electrons. The summed E-state index contributed by atoms with van der Waals surface area (Å²) in [7, 11) is 1.64. The highest BCUT2D eigenvalue weighted by Crippen LogP contribution is 2.21. The standard InChI is InChI=1S/C22H25FN2O4S/c1-28-19-6-4-18(5-7-19)24-11-13-25(14-12-24)21(26)16-29-22(27)10-15-30-20-8-2-17(23)3-9-20/h2-9H,10-16H2,1H3. The molecule has 1 aliphatic heterocycles. The first-order valence-corrected chi connectivity index (χ1v) is 10.7. The minimum atomic E-state index is -0.408. The first kappa shape index (κ1) is 22.0. The van der Waals surface area contributed by atoms with Gasteiger partial charge in [0.1, 0.15) is 11.6 Å². The number of amides is 1. The molecule has 30 heavy (non-hydrogen) atoms. The van der Waals surface area contributed by atoms with Crippen LogP contribution in [0.15, 0.2) is 53.4 Å². The van der Waals surface area contributed by atoms with E-state index in [0.29, 0.717) is 18.8 Å². The van der Waals surface area contributed by atoms with E-state index in [2.05, 4.69) is 4.90 Å². The van der Waals surface area contributed by atoms with E-state index in [1.165, 1.54) is 23.9 Å². The molecule has 0 spiro atoms. The van der Waals surface area contributed by atoms with Gasteiger partial charge in [-0.25, -0.2) is 4.39 Å². The number of hydrogen-bond donors (Lipinski definition) is 0. The Labute approximate surface area is 179 Å². The van der Waals surface area contributed by atoms with E-state index < -0.39 is 5.97 Å². The van der Waals surface area contributed by atoms with Crippen molar-refractivity contribution in [3.8, 4) is 5.75 Å². The van der Waals surface area contributed by atoms with E-state index in [9.17, 15) is 14.0 Å². The second kappa shape index (κ2) is 10.9. The van der Waals surface area contributed by atoms with Gasteiger partial charge in [0.15, 0.2) is 6.61 Å². The van der Waals surface area contributed by atoms with E-state index >= 15 is 0 Å². The Morgan fingerprint density at radius 3 is 2.30 bits per heavy atom. The van der Waals surface area contributed by atoms with Crippen molar-refractivity contribution in [3.63, 3.8) is 0 Å². The second-order valence-corrected chi connectivity index (χ2v) is 7.95. The number of rotatable bonds is 8. The number of carbonyl (C=O) groups is 2. The number of halogens is 1. The monoisotopic (exact) mass is 432 g/mol. The number of methoxy groups -OCH3 is 1. The largest absolute Gasteiger partial charge is 0.497 e. The maximum atomic E-state index is 12.9. The van der Waals surface area contributed by atoms with Crippen LogP contribution in [0.5, 0.6) is 5.75 Å². The Morgan fingerprint density at radius 1 is 1.00 bits per heavy atom. The van der Waals surface area contributed by atoms with Gasteiger partial charge in [0.25, 0.3) is 5.91 Å². The summed E-state index contributed by atoms with van der Waals surface area (Å²) in [6, 6.07) is 13.9. The average Bonchev–Trinajstić information content (AvgIpc) is 2.79. The molecule has 3 rings (SSSR count). The fraction of sp³-hybridized carbons (Fsp3) is 0.364. The van der Waals surface area contributed by atoms with Gasteiger partial charge in [-0.1, -0.05) is 0 Å². The van der Waals surface area contributed by atoms with E-state index in [1.54, 1.807) is 24.1 Å². The summed E-state index contributed by atoms with van der Waals surface area (Å²) >= 11 is 1.44. The van der Waals surface area contributed by atoms with E-state index in [0.717, 1.165) is 29.4 Å². The Bertz CT molecular complexity index is 837. The van der Waals surface area contributed by atoms with Crippen molar-refractivity contribution in [2.45, 2.75) is 11.3 Å². The molecule has 1 amide bonds. The van der Waals surface area contributed by atoms with Crippen LogP contribution in [0.4, 0.5) is 10.1 Å². The van der Waals surface area contributed by atoms with Crippen LogP contribution >= 0.6 is 11.8 Å². The lowest BCUT2D eigenvalue weighted by Crippen LogP contribution is -2.49. The maximum absolute atomic E-state index is 12.9. The highest BCUT2D eigenvalue weighted by molar-refractivity contribution is 7.99. The minimum absolute atomic E-state index is 0.177. The molecule has 6 nitrogen and oxygen atoms in total. The topological polar surface area (TPSA) is 59.1 Å². The zero-order chi connectivity index (χ0) is 21.3. The normalized spacial score (nSPS) is 13.8. The molecule has 0 atom stereocenters. The lowest BCUT2D eigenvalue weighted by Gasteiger charge is -2.36. The molecular weight excluding hydrogens is 407 g/mol. The Balaban J connectivity index is 1.34. The van der Waals surface area contributed by atoms with Crippen molar-refractivity contribution in [1.82, 2.24) is 4.90 Å². The van der Waals surface area contributed by atoms with Crippen LogP contribution in [0.3, 0.4) is 0 Å². The van der Waals surface area contributed by atoms with Gasteiger partial charge in [-0.2, -0.15) is 0 Å². The van der Waals surface area contributed by atoms with Crippen molar-refractivity contribution in [3.05, 3.63) is 54.3 Å². The number of nitrogens with zero attached hydrogens (tertiary/aromatic N) is 2. The first-order chi connectivity index (χ1) is 14.5. The van der Waals surface area contributed by atoms with Gasteiger partial charge in [0, 0.05) is 42.5 Å². The molecule has 8 heteroatoms. The van der Waals surface area contributed by atoms with Crippen molar-refractivity contribution >= 4 is 29.3 Å². The molecular formula is C22H25FN2O4S. The Morgan fingerprint density at radius 2 is 1.67 bits per heavy atom. The van der Waals surface area contributed by atoms with Crippen LogP contribution in [-0.2, 0) is 14.3 Å². The van der Waals surface area contributed by atoms with Crippen LogP contribution in [-0.4, -0.2) is 62.4 Å². The lowest BCUT2D eigenvalue weighted by molar-refractivity contribution is -0.151. The highest BCUT2D eigenvalue weighted by Gasteiger charge is 2.22. The lowest BCUT2D eigenvalue weighted by atomic mass is 10.2. The summed E-state index contributed by atoms with van der Waals surface area (Å²) < 4.78 is 23.2. The number of piperazine rings is 1. The molecule has 0 radical (unpaired) electrons. The fourth-order valence-corrected chi connectivity index (χ4v) is 3.93. The molecule has 0 N–H and O–H groups in total.